The summed E-state index contributed by atoms with van der Waals surface area (Å²) in [6, 6.07) is 9.27. The first-order valence-electron chi connectivity index (χ1n) is 7.59. The zero-order valence-electron chi connectivity index (χ0n) is 13.3. The molecule has 2 aromatic rings. The quantitative estimate of drug-likeness (QED) is 0.821. The van der Waals surface area contributed by atoms with Crippen molar-refractivity contribution in [3.8, 4) is 0 Å². The molecule has 0 saturated carbocycles. The summed E-state index contributed by atoms with van der Waals surface area (Å²) >= 11 is 1.79. The van der Waals surface area contributed by atoms with Gasteiger partial charge in [0.2, 0.25) is 0 Å². The lowest BCUT2D eigenvalue weighted by Gasteiger charge is -2.26. The molecule has 4 heteroatoms. The van der Waals surface area contributed by atoms with Gasteiger partial charge in [-0.2, -0.15) is 0 Å². The molecule has 0 amide bonds. The highest BCUT2D eigenvalue weighted by atomic mass is 32.1. The highest BCUT2D eigenvalue weighted by Gasteiger charge is 2.15. The van der Waals surface area contributed by atoms with E-state index >= 15 is 0 Å². The van der Waals surface area contributed by atoms with Gasteiger partial charge in [0.25, 0.3) is 0 Å². The SMILES string of the molecule is CCCNC(C)c1ccnc(N(C)C(C)c2cccs2)c1. The molecule has 0 bridgehead atoms. The Bertz CT molecular complexity index is 539. The molecular weight excluding hydrogens is 278 g/mol. The van der Waals surface area contributed by atoms with Crippen molar-refractivity contribution in [2.75, 3.05) is 18.5 Å². The molecule has 114 valence electrons. The van der Waals surface area contributed by atoms with Crippen molar-refractivity contribution in [2.45, 2.75) is 39.3 Å². The summed E-state index contributed by atoms with van der Waals surface area (Å²) in [6.45, 7) is 7.66. The topological polar surface area (TPSA) is 28.2 Å². The smallest absolute Gasteiger partial charge is 0.129 e. The van der Waals surface area contributed by atoms with Crippen molar-refractivity contribution in [2.24, 2.45) is 0 Å². The first kappa shape index (κ1) is 16.0. The Morgan fingerprint density at radius 2 is 2.14 bits per heavy atom. The zero-order chi connectivity index (χ0) is 15.2. The van der Waals surface area contributed by atoms with Gasteiger partial charge < -0.3 is 10.2 Å². The fraction of sp³-hybridized carbons (Fsp3) is 0.471. The molecule has 1 N–H and O–H groups in total. The summed E-state index contributed by atoms with van der Waals surface area (Å²) in [5.74, 6) is 1.03. The molecule has 0 aliphatic rings. The maximum absolute atomic E-state index is 4.54. The number of nitrogens with zero attached hydrogens (tertiary/aromatic N) is 2. The van der Waals surface area contributed by atoms with Crippen LogP contribution in [0.3, 0.4) is 0 Å². The fourth-order valence-corrected chi connectivity index (χ4v) is 3.12. The first-order chi connectivity index (χ1) is 10.1. The second kappa shape index (κ2) is 7.57. The van der Waals surface area contributed by atoms with Crippen LogP contribution in [-0.2, 0) is 0 Å². The monoisotopic (exact) mass is 303 g/mol. The normalized spacial score (nSPS) is 13.9. The lowest BCUT2D eigenvalue weighted by atomic mass is 10.1. The van der Waals surface area contributed by atoms with E-state index in [9.17, 15) is 0 Å². The van der Waals surface area contributed by atoms with Crippen LogP contribution in [0.25, 0.3) is 0 Å². The van der Waals surface area contributed by atoms with Crippen molar-refractivity contribution in [3.05, 3.63) is 46.3 Å². The Hall–Kier alpha value is -1.39. The summed E-state index contributed by atoms with van der Waals surface area (Å²) in [5, 5.41) is 5.65. The average molecular weight is 303 g/mol. The van der Waals surface area contributed by atoms with E-state index in [4.69, 9.17) is 0 Å². The lowest BCUT2D eigenvalue weighted by molar-refractivity contribution is 0.570. The molecule has 0 fully saturated rings. The molecular formula is C17H25N3S. The van der Waals surface area contributed by atoms with Gasteiger partial charge in [-0.1, -0.05) is 13.0 Å². The zero-order valence-corrected chi connectivity index (χ0v) is 14.2. The predicted octanol–water partition coefficient (Wildman–Crippen LogP) is 4.40. The van der Waals surface area contributed by atoms with Crippen molar-refractivity contribution in [1.82, 2.24) is 10.3 Å². The van der Waals surface area contributed by atoms with Gasteiger partial charge in [-0.25, -0.2) is 4.98 Å². The summed E-state index contributed by atoms with van der Waals surface area (Å²) in [5.41, 5.74) is 1.29. The summed E-state index contributed by atoms with van der Waals surface area (Å²) in [4.78, 5) is 8.14. The Morgan fingerprint density at radius 1 is 1.33 bits per heavy atom. The lowest BCUT2D eigenvalue weighted by Crippen LogP contribution is -2.23. The van der Waals surface area contributed by atoms with Crippen LogP contribution in [0.15, 0.2) is 35.8 Å². The Kier molecular flexibility index (Phi) is 5.76. The Morgan fingerprint density at radius 3 is 2.81 bits per heavy atom. The van der Waals surface area contributed by atoms with Crippen molar-refractivity contribution < 1.29 is 0 Å². The van der Waals surface area contributed by atoms with Crippen LogP contribution in [0.1, 0.15) is 49.7 Å². The van der Waals surface area contributed by atoms with E-state index in [2.05, 4.69) is 72.7 Å². The average Bonchev–Trinajstić information content (AvgIpc) is 3.05. The Labute approximate surface area is 132 Å². The molecule has 2 unspecified atom stereocenters. The van der Waals surface area contributed by atoms with Gasteiger partial charge in [0.05, 0.1) is 6.04 Å². The number of nitrogens with one attached hydrogen (secondary N) is 1. The maximum Gasteiger partial charge on any atom is 0.129 e. The Balaban J connectivity index is 2.12. The first-order valence-corrected chi connectivity index (χ1v) is 8.47. The molecule has 3 nitrogen and oxygen atoms in total. The highest BCUT2D eigenvalue weighted by Crippen LogP contribution is 2.28. The van der Waals surface area contributed by atoms with Crippen LogP contribution >= 0.6 is 11.3 Å². The van der Waals surface area contributed by atoms with Gasteiger partial charge in [0.1, 0.15) is 5.82 Å². The third-order valence-corrected chi connectivity index (χ3v) is 4.91. The van der Waals surface area contributed by atoms with Crippen molar-refractivity contribution in [3.63, 3.8) is 0 Å². The second-order valence-corrected chi connectivity index (χ2v) is 6.40. The number of rotatable bonds is 7. The van der Waals surface area contributed by atoms with E-state index in [0.29, 0.717) is 12.1 Å². The van der Waals surface area contributed by atoms with E-state index in [1.54, 1.807) is 11.3 Å². The molecule has 0 aromatic carbocycles. The third kappa shape index (κ3) is 4.05. The molecule has 0 aliphatic heterocycles. The van der Waals surface area contributed by atoms with E-state index in [1.807, 2.05) is 6.20 Å². The minimum Gasteiger partial charge on any atom is -0.352 e. The number of thiophene rings is 1. The van der Waals surface area contributed by atoms with E-state index in [0.717, 1.165) is 18.8 Å². The minimum atomic E-state index is 0.339. The molecule has 0 spiro atoms. The molecule has 0 saturated heterocycles. The van der Waals surface area contributed by atoms with Crippen LogP contribution < -0.4 is 10.2 Å². The molecule has 21 heavy (non-hydrogen) atoms. The third-order valence-electron chi connectivity index (χ3n) is 3.87. The van der Waals surface area contributed by atoms with Crippen LogP contribution in [0.5, 0.6) is 0 Å². The second-order valence-electron chi connectivity index (χ2n) is 5.43. The van der Waals surface area contributed by atoms with Crippen LogP contribution in [0, 0.1) is 0 Å². The molecule has 2 atom stereocenters. The van der Waals surface area contributed by atoms with Gasteiger partial charge in [-0.05, 0) is 56.0 Å². The van der Waals surface area contributed by atoms with Crippen LogP contribution in [-0.4, -0.2) is 18.6 Å². The van der Waals surface area contributed by atoms with E-state index < -0.39 is 0 Å². The molecule has 2 aromatic heterocycles. The molecule has 2 heterocycles. The molecule has 2 rings (SSSR count). The molecule has 0 aliphatic carbocycles. The van der Waals surface area contributed by atoms with Gasteiger partial charge in [0.15, 0.2) is 0 Å². The predicted molar refractivity (Wildman–Crippen MR) is 92.1 cm³/mol. The highest BCUT2D eigenvalue weighted by molar-refractivity contribution is 7.10. The van der Waals surface area contributed by atoms with Crippen LogP contribution in [0.2, 0.25) is 0 Å². The van der Waals surface area contributed by atoms with Gasteiger partial charge in [-0.3, -0.25) is 0 Å². The van der Waals surface area contributed by atoms with Crippen molar-refractivity contribution in [1.29, 1.82) is 0 Å². The largest absolute Gasteiger partial charge is 0.352 e. The standard InChI is InChI=1S/C17H25N3S/c1-5-9-18-13(2)15-8-10-19-17(12-15)20(4)14(3)16-7-6-11-21-16/h6-8,10-14,18H,5,9H2,1-4H3. The van der Waals surface area contributed by atoms with E-state index in [-0.39, 0.29) is 0 Å². The number of aromatic nitrogens is 1. The molecule has 0 radical (unpaired) electrons. The maximum atomic E-state index is 4.54. The number of anilines is 1. The van der Waals surface area contributed by atoms with Gasteiger partial charge >= 0.3 is 0 Å². The summed E-state index contributed by atoms with van der Waals surface area (Å²) in [7, 11) is 2.11. The van der Waals surface area contributed by atoms with Gasteiger partial charge in [-0.15, -0.1) is 11.3 Å². The minimum absolute atomic E-state index is 0.339. The number of pyridine rings is 1. The summed E-state index contributed by atoms with van der Waals surface area (Å²) < 4.78 is 0. The summed E-state index contributed by atoms with van der Waals surface area (Å²) in [6.07, 6.45) is 3.06. The van der Waals surface area contributed by atoms with Crippen molar-refractivity contribution >= 4 is 17.2 Å². The van der Waals surface area contributed by atoms with Gasteiger partial charge in [0, 0.05) is 24.2 Å². The van der Waals surface area contributed by atoms with Crippen LogP contribution in [0.4, 0.5) is 5.82 Å². The number of hydrogen-bond donors (Lipinski definition) is 1. The fourth-order valence-electron chi connectivity index (χ4n) is 2.29. The number of hydrogen-bond acceptors (Lipinski definition) is 4. The van der Waals surface area contributed by atoms with E-state index in [1.165, 1.54) is 10.4 Å².